The molecule has 0 aromatic carbocycles. The average molecular weight is 306 g/mol. The molecule has 84 valence electrons. The summed E-state index contributed by atoms with van der Waals surface area (Å²) in [6.07, 6.45) is 2.57. The number of hydrogen-bond donors (Lipinski definition) is 1. The molecule has 0 saturated carbocycles. The van der Waals surface area contributed by atoms with Gasteiger partial charge in [0.15, 0.2) is 0 Å². The van der Waals surface area contributed by atoms with Crippen LogP contribution in [0.2, 0.25) is 0 Å². The molecule has 1 aromatic rings. The van der Waals surface area contributed by atoms with E-state index in [0.717, 1.165) is 18.9 Å². The van der Waals surface area contributed by atoms with Crippen LogP contribution in [0.1, 0.15) is 11.3 Å². The Kier molecular flexibility index (Phi) is 5.01. The van der Waals surface area contributed by atoms with Crippen LogP contribution in [-0.2, 0) is 6.42 Å². The standard InChI is InChI=1S/C11H16BrNS2/c12-11-2-1-10(15-11)3-5-13-7-9-4-6-14-8-9/h1-2,9,13H,3-8H2. The molecule has 0 aliphatic carbocycles. The van der Waals surface area contributed by atoms with Gasteiger partial charge in [0, 0.05) is 4.88 Å². The Morgan fingerprint density at radius 1 is 1.47 bits per heavy atom. The largest absolute Gasteiger partial charge is 0.316 e. The highest BCUT2D eigenvalue weighted by molar-refractivity contribution is 9.11. The molecule has 1 saturated heterocycles. The fourth-order valence-electron chi connectivity index (χ4n) is 1.75. The minimum Gasteiger partial charge on any atom is -0.316 e. The molecule has 0 spiro atoms. The number of rotatable bonds is 5. The van der Waals surface area contributed by atoms with Crippen LogP contribution in [0.5, 0.6) is 0 Å². The van der Waals surface area contributed by atoms with Gasteiger partial charge >= 0.3 is 0 Å². The van der Waals surface area contributed by atoms with E-state index in [4.69, 9.17) is 0 Å². The van der Waals surface area contributed by atoms with Crippen LogP contribution >= 0.6 is 39.0 Å². The fourth-order valence-corrected chi connectivity index (χ4v) is 4.52. The number of nitrogens with one attached hydrogen (secondary N) is 1. The molecule has 1 atom stereocenters. The molecular weight excluding hydrogens is 290 g/mol. The molecule has 0 amide bonds. The van der Waals surface area contributed by atoms with Gasteiger partial charge in [-0.25, -0.2) is 0 Å². The normalized spacial score (nSPS) is 21.0. The van der Waals surface area contributed by atoms with Crippen LogP contribution in [0, 0.1) is 5.92 Å². The first-order valence-corrected chi connectivity index (χ1v) is 8.13. The van der Waals surface area contributed by atoms with Gasteiger partial charge in [0.25, 0.3) is 0 Å². The predicted molar refractivity (Wildman–Crippen MR) is 74.0 cm³/mol. The third kappa shape index (κ3) is 4.10. The Balaban J connectivity index is 1.58. The lowest BCUT2D eigenvalue weighted by Gasteiger charge is -2.08. The maximum absolute atomic E-state index is 3.56. The van der Waals surface area contributed by atoms with Gasteiger partial charge in [0.1, 0.15) is 0 Å². The number of halogens is 1. The van der Waals surface area contributed by atoms with Gasteiger partial charge in [-0.1, -0.05) is 0 Å². The molecule has 0 radical (unpaired) electrons. The molecule has 2 heterocycles. The van der Waals surface area contributed by atoms with Crippen molar-refractivity contribution in [1.82, 2.24) is 5.32 Å². The Labute approximate surface area is 108 Å². The molecule has 0 bridgehead atoms. The minimum absolute atomic E-state index is 0.921. The van der Waals surface area contributed by atoms with Crippen molar-refractivity contribution in [1.29, 1.82) is 0 Å². The van der Waals surface area contributed by atoms with E-state index < -0.39 is 0 Å². The maximum atomic E-state index is 3.56. The highest BCUT2D eigenvalue weighted by Gasteiger charge is 2.14. The zero-order chi connectivity index (χ0) is 10.5. The average Bonchev–Trinajstić information content (AvgIpc) is 2.84. The van der Waals surface area contributed by atoms with Gasteiger partial charge in [-0.05, 0) is 71.4 Å². The lowest BCUT2D eigenvalue weighted by atomic mass is 10.1. The molecule has 1 fully saturated rings. The molecule has 1 aromatic heterocycles. The van der Waals surface area contributed by atoms with Crippen molar-refractivity contribution in [2.75, 3.05) is 24.6 Å². The molecule has 1 unspecified atom stereocenters. The van der Waals surface area contributed by atoms with E-state index >= 15 is 0 Å². The Morgan fingerprint density at radius 3 is 3.07 bits per heavy atom. The molecule has 2 rings (SSSR count). The first-order chi connectivity index (χ1) is 7.34. The van der Waals surface area contributed by atoms with E-state index in [9.17, 15) is 0 Å². The van der Waals surface area contributed by atoms with Crippen LogP contribution in [0.25, 0.3) is 0 Å². The summed E-state index contributed by atoms with van der Waals surface area (Å²) in [6, 6.07) is 4.34. The lowest BCUT2D eigenvalue weighted by molar-refractivity contribution is 0.526. The summed E-state index contributed by atoms with van der Waals surface area (Å²) in [7, 11) is 0. The summed E-state index contributed by atoms with van der Waals surface area (Å²) in [6.45, 7) is 2.33. The lowest BCUT2D eigenvalue weighted by Crippen LogP contribution is -2.24. The first kappa shape index (κ1) is 12.0. The summed E-state index contributed by atoms with van der Waals surface area (Å²) in [5.74, 6) is 3.65. The molecule has 1 aliphatic heterocycles. The zero-order valence-corrected chi connectivity index (χ0v) is 11.9. The smallest absolute Gasteiger partial charge is 0.0701 e. The molecule has 4 heteroatoms. The van der Waals surface area contributed by atoms with E-state index in [1.165, 1.54) is 33.1 Å². The summed E-state index contributed by atoms with van der Waals surface area (Å²) in [5, 5.41) is 3.56. The van der Waals surface area contributed by atoms with Gasteiger partial charge < -0.3 is 5.32 Å². The minimum atomic E-state index is 0.921. The van der Waals surface area contributed by atoms with Crippen LogP contribution in [-0.4, -0.2) is 24.6 Å². The summed E-state index contributed by atoms with van der Waals surface area (Å²) in [5.41, 5.74) is 0. The summed E-state index contributed by atoms with van der Waals surface area (Å²) >= 11 is 7.43. The van der Waals surface area contributed by atoms with E-state index in [2.05, 4.69) is 45.1 Å². The highest BCUT2D eigenvalue weighted by Crippen LogP contribution is 2.23. The molecule has 15 heavy (non-hydrogen) atoms. The van der Waals surface area contributed by atoms with Gasteiger partial charge in [-0.2, -0.15) is 11.8 Å². The van der Waals surface area contributed by atoms with E-state index in [-0.39, 0.29) is 0 Å². The summed E-state index contributed by atoms with van der Waals surface area (Å²) < 4.78 is 1.24. The topological polar surface area (TPSA) is 12.0 Å². The van der Waals surface area contributed by atoms with Crippen LogP contribution in [0.3, 0.4) is 0 Å². The Morgan fingerprint density at radius 2 is 2.40 bits per heavy atom. The second kappa shape index (κ2) is 6.28. The molecule has 1 aliphatic rings. The monoisotopic (exact) mass is 305 g/mol. The van der Waals surface area contributed by atoms with Crippen molar-refractivity contribution < 1.29 is 0 Å². The number of hydrogen-bond acceptors (Lipinski definition) is 3. The number of thioether (sulfide) groups is 1. The number of thiophene rings is 1. The van der Waals surface area contributed by atoms with Crippen molar-refractivity contribution >= 4 is 39.0 Å². The third-order valence-electron chi connectivity index (χ3n) is 2.63. The predicted octanol–water partition coefficient (Wildman–Crippen LogP) is 3.40. The SMILES string of the molecule is Brc1ccc(CCNCC2CCSC2)s1. The van der Waals surface area contributed by atoms with Gasteiger partial charge in [0.2, 0.25) is 0 Å². The third-order valence-corrected chi connectivity index (χ3v) is 5.55. The highest BCUT2D eigenvalue weighted by atomic mass is 79.9. The fraction of sp³-hybridized carbons (Fsp3) is 0.636. The van der Waals surface area contributed by atoms with Gasteiger partial charge in [-0.15, -0.1) is 11.3 Å². The summed E-state index contributed by atoms with van der Waals surface area (Å²) in [4.78, 5) is 1.47. The zero-order valence-electron chi connectivity index (χ0n) is 8.67. The molecule has 1 nitrogen and oxygen atoms in total. The Bertz CT molecular complexity index is 295. The quantitative estimate of drug-likeness (QED) is 0.837. The van der Waals surface area contributed by atoms with Crippen molar-refractivity contribution in [3.63, 3.8) is 0 Å². The van der Waals surface area contributed by atoms with Crippen LogP contribution in [0.15, 0.2) is 15.9 Å². The van der Waals surface area contributed by atoms with E-state index in [1.54, 1.807) is 0 Å². The second-order valence-electron chi connectivity index (χ2n) is 3.89. The van der Waals surface area contributed by atoms with E-state index in [0.29, 0.717) is 0 Å². The van der Waals surface area contributed by atoms with Crippen molar-refractivity contribution in [2.24, 2.45) is 5.92 Å². The molecular formula is C11H16BrNS2. The second-order valence-corrected chi connectivity index (χ2v) is 7.59. The van der Waals surface area contributed by atoms with Crippen LogP contribution < -0.4 is 5.32 Å². The van der Waals surface area contributed by atoms with Crippen molar-refractivity contribution in [3.05, 3.63) is 20.8 Å². The maximum Gasteiger partial charge on any atom is 0.0701 e. The van der Waals surface area contributed by atoms with Gasteiger partial charge in [0.05, 0.1) is 3.79 Å². The van der Waals surface area contributed by atoms with Crippen molar-refractivity contribution in [2.45, 2.75) is 12.8 Å². The Hall–Kier alpha value is 0.490. The van der Waals surface area contributed by atoms with Gasteiger partial charge in [-0.3, -0.25) is 0 Å². The van der Waals surface area contributed by atoms with E-state index in [1.807, 2.05) is 11.3 Å². The van der Waals surface area contributed by atoms with Crippen LogP contribution in [0.4, 0.5) is 0 Å². The van der Waals surface area contributed by atoms with Crippen molar-refractivity contribution in [3.8, 4) is 0 Å². The first-order valence-electron chi connectivity index (χ1n) is 5.37. The molecule has 1 N–H and O–H groups in total.